The van der Waals surface area contributed by atoms with Gasteiger partial charge in [-0.2, -0.15) is 5.10 Å². The monoisotopic (exact) mass is 207 g/mol. The zero-order valence-corrected chi connectivity index (χ0v) is 9.52. The summed E-state index contributed by atoms with van der Waals surface area (Å²) in [6, 6.07) is 0.182. The highest BCUT2D eigenvalue weighted by Crippen LogP contribution is 2.30. The number of hydrogen-bond acceptors (Lipinski definition) is 2. The van der Waals surface area contributed by atoms with Crippen molar-refractivity contribution < 1.29 is 0 Å². The van der Waals surface area contributed by atoms with Gasteiger partial charge < -0.3 is 5.73 Å². The van der Waals surface area contributed by atoms with Crippen LogP contribution in [-0.2, 0) is 7.05 Å². The van der Waals surface area contributed by atoms with Gasteiger partial charge in [0.1, 0.15) is 0 Å². The lowest BCUT2D eigenvalue weighted by molar-refractivity contribution is 0.319. The van der Waals surface area contributed by atoms with E-state index in [9.17, 15) is 0 Å². The first-order valence-electron chi connectivity index (χ1n) is 6.00. The average Bonchev–Trinajstić information content (AvgIpc) is 2.66. The molecule has 1 fully saturated rings. The van der Waals surface area contributed by atoms with Crippen molar-refractivity contribution in [2.24, 2.45) is 18.7 Å². The van der Waals surface area contributed by atoms with Crippen molar-refractivity contribution in [1.82, 2.24) is 9.78 Å². The van der Waals surface area contributed by atoms with E-state index >= 15 is 0 Å². The Morgan fingerprint density at radius 2 is 2.20 bits per heavy atom. The lowest BCUT2D eigenvalue weighted by Gasteiger charge is -2.24. The molecule has 3 nitrogen and oxygen atoms in total. The Bertz CT molecular complexity index is 300. The molecule has 1 aliphatic carbocycles. The van der Waals surface area contributed by atoms with Crippen LogP contribution in [0.4, 0.5) is 0 Å². The summed E-state index contributed by atoms with van der Waals surface area (Å²) in [4.78, 5) is 0. The van der Waals surface area contributed by atoms with Crippen molar-refractivity contribution in [3.8, 4) is 0 Å². The summed E-state index contributed by atoms with van der Waals surface area (Å²) >= 11 is 0. The highest BCUT2D eigenvalue weighted by atomic mass is 15.2. The van der Waals surface area contributed by atoms with E-state index in [1.54, 1.807) is 0 Å². The number of aryl methyl sites for hydroxylation is 1. The van der Waals surface area contributed by atoms with E-state index in [0.29, 0.717) is 0 Å². The molecule has 1 atom stereocenters. The van der Waals surface area contributed by atoms with Gasteiger partial charge in [-0.15, -0.1) is 0 Å². The molecule has 15 heavy (non-hydrogen) atoms. The predicted molar refractivity (Wildman–Crippen MR) is 61.3 cm³/mol. The van der Waals surface area contributed by atoms with E-state index in [4.69, 9.17) is 5.73 Å². The number of hydrogen-bond donors (Lipinski definition) is 1. The first-order valence-corrected chi connectivity index (χ1v) is 6.00. The molecule has 0 saturated heterocycles. The normalized spacial score (nSPS) is 20.4. The Kier molecular flexibility index (Phi) is 3.41. The molecule has 0 aliphatic heterocycles. The molecular formula is C12H21N3. The Hall–Kier alpha value is -0.830. The molecule has 0 spiro atoms. The molecule has 1 unspecified atom stereocenters. The molecule has 84 valence electrons. The maximum absolute atomic E-state index is 6.19. The lowest BCUT2D eigenvalue weighted by Crippen LogP contribution is -2.17. The van der Waals surface area contributed by atoms with E-state index < -0.39 is 0 Å². The molecular weight excluding hydrogens is 186 g/mol. The highest BCUT2D eigenvalue weighted by Gasteiger charge is 2.18. The van der Waals surface area contributed by atoms with E-state index in [1.165, 1.54) is 37.7 Å². The van der Waals surface area contributed by atoms with Gasteiger partial charge in [0.2, 0.25) is 0 Å². The van der Waals surface area contributed by atoms with Gasteiger partial charge in [0.15, 0.2) is 0 Å². The van der Waals surface area contributed by atoms with Gasteiger partial charge in [0.25, 0.3) is 0 Å². The largest absolute Gasteiger partial charge is 0.324 e. The van der Waals surface area contributed by atoms with Crippen molar-refractivity contribution in [3.05, 3.63) is 18.0 Å². The van der Waals surface area contributed by atoms with E-state index in [1.807, 2.05) is 24.1 Å². The molecule has 0 bridgehead atoms. The van der Waals surface area contributed by atoms with Crippen molar-refractivity contribution >= 4 is 0 Å². The summed E-state index contributed by atoms with van der Waals surface area (Å²) in [5.41, 5.74) is 7.37. The second-order valence-corrected chi connectivity index (χ2v) is 4.79. The van der Waals surface area contributed by atoms with E-state index in [-0.39, 0.29) is 6.04 Å². The first-order chi connectivity index (χ1) is 7.25. The minimum absolute atomic E-state index is 0.182. The second-order valence-electron chi connectivity index (χ2n) is 4.79. The maximum atomic E-state index is 6.19. The Morgan fingerprint density at radius 3 is 2.80 bits per heavy atom. The molecule has 0 amide bonds. The summed E-state index contributed by atoms with van der Waals surface area (Å²) in [5.74, 6) is 0.842. The lowest BCUT2D eigenvalue weighted by atomic mass is 9.84. The standard InChI is InChI=1S/C12H21N3/c1-15-9-11(8-14-15)12(13)7-10-5-3-2-4-6-10/h8-10,12H,2-7,13H2,1H3. The van der Waals surface area contributed by atoms with E-state index in [0.717, 1.165) is 12.3 Å². The van der Waals surface area contributed by atoms with Crippen LogP contribution >= 0.6 is 0 Å². The van der Waals surface area contributed by atoms with Gasteiger partial charge in [-0.1, -0.05) is 32.1 Å². The smallest absolute Gasteiger partial charge is 0.0537 e. The summed E-state index contributed by atoms with van der Waals surface area (Å²) in [6.45, 7) is 0. The van der Waals surface area contributed by atoms with Gasteiger partial charge in [-0.3, -0.25) is 4.68 Å². The summed E-state index contributed by atoms with van der Waals surface area (Å²) in [5, 5.41) is 4.17. The third-order valence-corrected chi connectivity index (χ3v) is 3.47. The zero-order chi connectivity index (χ0) is 10.7. The molecule has 2 rings (SSSR count). The fraction of sp³-hybridized carbons (Fsp3) is 0.750. The van der Waals surface area contributed by atoms with Crippen LogP contribution in [-0.4, -0.2) is 9.78 Å². The number of aromatic nitrogens is 2. The van der Waals surface area contributed by atoms with Crippen molar-refractivity contribution in [1.29, 1.82) is 0 Å². The van der Waals surface area contributed by atoms with Crippen molar-refractivity contribution in [2.75, 3.05) is 0 Å². The van der Waals surface area contributed by atoms with Crippen LogP contribution < -0.4 is 5.73 Å². The summed E-state index contributed by atoms with van der Waals surface area (Å²) in [7, 11) is 1.94. The van der Waals surface area contributed by atoms with Gasteiger partial charge in [-0.05, 0) is 12.3 Å². The topological polar surface area (TPSA) is 43.8 Å². The van der Waals surface area contributed by atoms with Crippen LogP contribution in [0, 0.1) is 5.92 Å². The number of nitrogens with two attached hydrogens (primary N) is 1. The van der Waals surface area contributed by atoms with Crippen LogP contribution in [0.1, 0.15) is 50.1 Å². The fourth-order valence-electron chi connectivity index (χ4n) is 2.55. The Labute approximate surface area is 91.7 Å². The maximum Gasteiger partial charge on any atom is 0.0537 e. The molecule has 1 aliphatic rings. The van der Waals surface area contributed by atoms with Gasteiger partial charge in [0.05, 0.1) is 6.20 Å². The number of rotatable bonds is 3. The fourth-order valence-corrected chi connectivity index (χ4v) is 2.55. The van der Waals surface area contributed by atoms with Gasteiger partial charge >= 0.3 is 0 Å². The molecule has 1 aromatic heterocycles. The van der Waals surface area contributed by atoms with Crippen molar-refractivity contribution in [3.63, 3.8) is 0 Å². The molecule has 1 aromatic rings. The quantitative estimate of drug-likeness (QED) is 0.827. The van der Waals surface area contributed by atoms with Crippen LogP contribution in [0.3, 0.4) is 0 Å². The minimum atomic E-state index is 0.182. The van der Waals surface area contributed by atoms with Crippen LogP contribution in [0.2, 0.25) is 0 Å². The molecule has 1 saturated carbocycles. The molecule has 0 aromatic carbocycles. The summed E-state index contributed by atoms with van der Waals surface area (Å²) < 4.78 is 1.83. The Balaban J connectivity index is 1.88. The summed E-state index contributed by atoms with van der Waals surface area (Å²) in [6.07, 6.45) is 12.0. The van der Waals surface area contributed by atoms with Crippen LogP contribution in [0.25, 0.3) is 0 Å². The molecule has 3 heteroatoms. The third kappa shape index (κ3) is 2.81. The highest BCUT2D eigenvalue weighted by molar-refractivity contribution is 5.09. The molecule has 1 heterocycles. The first kappa shape index (κ1) is 10.7. The zero-order valence-electron chi connectivity index (χ0n) is 9.52. The van der Waals surface area contributed by atoms with Gasteiger partial charge in [-0.25, -0.2) is 0 Å². The third-order valence-electron chi connectivity index (χ3n) is 3.47. The second kappa shape index (κ2) is 4.79. The number of nitrogens with zero attached hydrogens (tertiary/aromatic N) is 2. The predicted octanol–water partition coefficient (Wildman–Crippen LogP) is 2.39. The van der Waals surface area contributed by atoms with Crippen molar-refractivity contribution in [2.45, 2.75) is 44.6 Å². The van der Waals surface area contributed by atoms with Gasteiger partial charge in [0, 0.05) is 24.8 Å². The van der Waals surface area contributed by atoms with Crippen LogP contribution in [0.15, 0.2) is 12.4 Å². The minimum Gasteiger partial charge on any atom is -0.324 e. The Morgan fingerprint density at radius 1 is 1.47 bits per heavy atom. The SMILES string of the molecule is Cn1cc(C(N)CC2CCCCC2)cn1. The van der Waals surface area contributed by atoms with E-state index in [2.05, 4.69) is 5.10 Å². The van der Waals surface area contributed by atoms with Crippen LogP contribution in [0.5, 0.6) is 0 Å². The average molecular weight is 207 g/mol. The molecule has 2 N–H and O–H groups in total. The molecule has 0 radical (unpaired) electrons.